The third kappa shape index (κ3) is 3.45. The van der Waals surface area contributed by atoms with Crippen molar-refractivity contribution < 1.29 is 9.90 Å². The smallest absolute Gasteiger partial charge is 0.312 e. The summed E-state index contributed by atoms with van der Waals surface area (Å²) in [5.74, 6) is -1.16. The van der Waals surface area contributed by atoms with Crippen molar-refractivity contribution in [1.29, 1.82) is 0 Å². The summed E-state index contributed by atoms with van der Waals surface area (Å²) in [5.41, 5.74) is 0.778. The second-order valence-corrected chi connectivity index (χ2v) is 6.48. The number of hydrogen-bond donors (Lipinski definition) is 2. The van der Waals surface area contributed by atoms with Crippen molar-refractivity contribution >= 4 is 22.4 Å². The van der Waals surface area contributed by atoms with Gasteiger partial charge in [-0.2, -0.15) is 0 Å². The van der Waals surface area contributed by atoms with Gasteiger partial charge in [-0.05, 0) is 46.8 Å². The van der Waals surface area contributed by atoms with Crippen molar-refractivity contribution in [3.63, 3.8) is 0 Å². The number of nitrogens with zero attached hydrogens (tertiary/aromatic N) is 2. The maximum Gasteiger partial charge on any atom is 0.312 e. The molecule has 0 saturated carbocycles. The van der Waals surface area contributed by atoms with Crippen LogP contribution in [0.15, 0.2) is 0 Å². The van der Waals surface area contributed by atoms with Crippen molar-refractivity contribution in [3.05, 3.63) is 10.6 Å². The van der Waals surface area contributed by atoms with Crippen LogP contribution in [0, 0.1) is 0 Å². The Morgan fingerprint density at radius 2 is 2.37 bits per heavy atom. The molecule has 0 spiro atoms. The number of rotatable bonds is 6. The number of aromatic nitrogens is 1. The van der Waals surface area contributed by atoms with Gasteiger partial charge in [-0.25, -0.2) is 4.98 Å². The van der Waals surface area contributed by atoms with Crippen molar-refractivity contribution in [1.82, 2.24) is 9.88 Å². The number of fused-ring (bicyclic) bond motifs is 1. The van der Waals surface area contributed by atoms with Gasteiger partial charge in [-0.15, -0.1) is 11.3 Å². The van der Waals surface area contributed by atoms with Crippen molar-refractivity contribution in [3.8, 4) is 0 Å². The van der Waals surface area contributed by atoms with Crippen LogP contribution < -0.4 is 5.32 Å². The standard InChI is InChI=1S/C13H21N3O2S/c1-8(6-7-16(2)3)14-13-15-11-9(12(17)18)4-5-10(11)19-13/h8-9H,4-7H2,1-3H3,(H,14,15)(H,17,18). The molecule has 1 aromatic heterocycles. The molecular weight excluding hydrogens is 262 g/mol. The number of aryl methyl sites for hydroxylation is 1. The monoisotopic (exact) mass is 283 g/mol. The zero-order chi connectivity index (χ0) is 14.0. The molecule has 0 amide bonds. The third-order valence-corrected chi connectivity index (χ3v) is 4.46. The maximum absolute atomic E-state index is 11.1. The third-order valence-electron chi connectivity index (χ3n) is 3.39. The van der Waals surface area contributed by atoms with Gasteiger partial charge >= 0.3 is 5.97 Å². The van der Waals surface area contributed by atoms with Crippen molar-refractivity contribution in [2.45, 2.75) is 38.1 Å². The van der Waals surface area contributed by atoms with Gasteiger partial charge in [0.05, 0.1) is 5.69 Å². The second-order valence-electron chi connectivity index (χ2n) is 5.39. The maximum atomic E-state index is 11.1. The Kier molecular flexibility index (Phi) is 4.42. The fourth-order valence-electron chi connectivity index (χ4n) is 2.26. The Morgan fingerprint density at radius 3 is 3.00 bits per heavy atom. The highest BCUT2D eigenvalue weighted by Gasteiger charge is 2.32. The van der Waals surface area contributed by atoms with Crippen LogP contribution in [-0.4, -0.2) is 47.6 Å². The van der Waals surface area contributed by atoms with Crippen LogP contribution in [0.3, 0.4) is 0 Å². The van der Waals surface area contributed by atoms with Crippen LogP contribution in [0.1, 0.15) is 36.3 Å². The van der Waals surface area contributed by atoms with Crippen LogP contribution in [0.25, 0.3) is 0 Å². The first-order valence-corrected chi connectivity index (χ1v) is 7.42. The lowest BCUT2D eigenvalue weighted by atomic mass is 10.1. The fraction of sp³-hybridized carbons (Fsp3) is 0.692. The predicted octanol–water partition coefficient (Wildman–Crippen LogP) is 2.01. The first kappa shape index (κ1) is 14.3. The van der Waals surface area contributed by atoms with E-state index in [2.05, 4.69) is 36.2 Å². The molecule has 1 heterocycles. The van der Waals surface area contributed by atoms with Crippen LogP contribution in [0.4, 0.5) is 5.13 Å². The van der Waals surface area contributed by atoms with Crippen LogP contribution in [0.2, 0.25) is 0 Å². The van der Waals surface area contributed by atoms with Gasteiger partial charge in [0.2, 0.25) is 0 Å². The molecule has 0 aliphatic heterocycles. The van der Waals surface area contributed by atoms with E-state index in [0.717, 1.165) is 35.1 Å². The minimum Gasteiger partial charge on any atom is -0.481 e. The SMILES string of the molecule is CC(CCN(C)C)Nc1nc2c(s1)CCC2C(=O)O. The second kappa shape index (κ2) is 5.88. The number of hydrogen-bond acceptors (Lipinski definition) is 5. The van der Waals surface area contributed by atoms with E-state index >= 15 is 0 Å². The average Bonchev–Trinajstić information content (AvgIpc) is 2.85. The summed E-state index contributed by atoms with van der Waals surface area (Å²) in [7, 11) is 4.12. The summed E-state index contributed by atoms with van der Waals surface area (Å²) in [6.07, 6.45) is 2.58. The molecule has 5 nitrogen and oxygen atoms in total. The van der Waals surface area contributed by atoms with Crippen LogP contribution in [0.5, 0.6) is 0 Å². The van der Waals surface area contributed by atoms with E-state index in [1.54, 1.807) is 11.3 Å². The van der Waals surface area contributed by atoms with E-state index in [1.165, 1.54) is 0 Å². The molecule has 1 aromatic rings. The Morgan fingerprint density at radius 1 is 1.63 bits per heavy atom. The Hall–Kier alpha value is -1.14. The van der Waals surface area contributed by atoms with Gasteiger partial charge in [-0.1, -0.05) is 0 Å². The van der Waals surface area contributed by atoms with Crippen molar-refractivity contribution in [2.75, 3.05) is 26.0 Å². The highest BCUT2D eigenvalue weighted by atomic mass is 32.1. The summed E-state index contributed by atoms with van der Waals surface area (Å²) in [5, 5.41) is 13.4. The summed E-state index contributed by atoms with van der Waals surface area (Å²) >= 11 is 1.61. The van der Waals surface area contributed by atoms with Crippen LogP contribution in [-0.2, 0) is 11.2 Å². The number of carboxylic acids is 1. The minimum absolute atomic E-state index is 0.344. The Bertz CT molecular complexity index is 459. The number of anilines is 1. The highest BCUT2D eigenvalue weighted by Crippen LogP contribution is 2.38. The highest BCUT2D eigenvalue weighted by molar-refractivity contribution is 7.15. The van der Waals surface area contributed by atoms with Crippen molar-refractivity contribution in [2.24, 2.45) is 0 Å². The largest absolute Gasteiger partial charge is 0.481 e. The molecule has 0 saturated heterocycles. The lowest BCUT2D eigenvalue weighted by Crippen LogP contribution is -2.23. The summed E-state index contributed by atoms with van der Waals surface area (Å²) in [4.78, 5) is 18.9. The molecule has 0 radical (unpaired) electrons. The van der Waals surface area contributed by atoms with Gasteiger partial charge in [0.25, 0.3) is 0 Å². The molecule has 6 heteroatoms. The zero-order valence-corrected chi connectivity index (χ0v) is 12.5. The van der Waals surface area contributed by atoms with Crippen LogP contribution >= 0.6 is 11.3 Å². The van der Waals surface area contributed by atoms with E-state index in [1.807, 2.05) is 0 Å². The number of carbonyl (C=O) groups is 1. The van der Waals surface area contributed by atoms with E-state index < -0.39 is 11.9 Å². The molecule has 1 aliphatic carbocycles. The fourth-order valence-corrected chi connectivity index (χ4v) is 3.41. The number of nitrogens with one attached hydrogen (secondary N) is 1. The molecule has 2 N–H and O–H groups in total. The Balaban J connectivity index is 1.96. The van der Waals surface area contributed by atoms with Gasteiger partial charge in [-0.3, -0.25) is 4.79 Å². The molecule has 0 bridgehead atoms. The van der Waals surface area contributed by atoms with Gasteiger partial charge in [0, 0.05) is 10.9 Å². The lowest BCUT2D eigenvalue weighted by Gasteiger charge is -2.16. The van der Waals surface area contributed by atoms with Gasteiger partial charge in [0.1, 0.15) is 5.92 Å². The normalized spacial score (nSPS) is 19.5. The molecule has 2 rings (SSSR count). The molecule has 0 fully saturated rings. The Labute approximate surface area is 117 Å². The van der Waals surface area contributed by atoms with E-state index in [9.17, 15) is 4.79 Å². The average molecular weight is 283 g/mol. The van der Waals surface area contributed by atoms with E-state index in [-0.39, 0.29) is 0 Å². The first-order chi connectivity index (χ1) is 8.97. The molecule has 2 atom stereocenters. The first-order valence-electron chi connectivity index (χ1n) is 6.61. The summed E-state index contributed by atoms with van der Waals surface area (Å²) in [6.45, 7) is 3.15. The topological polar surface area (TPSA) is 65.5 Å². The molecule has 19 heavy (non-hydrogen) atoms. The van der Waals surface area contributed by atoms with E-state index in [0.29, 0.717) is 12.5 Å². The number of aliphatic carboxylic acids is 1. The van der Waals surface area contributed by atoms with Gasteiger partial charge in [0.15, 0.2) is 5.13 Å². The molecule has 1 aliphatic rings. The van der Waals surface area contributed by atoms with Gasteiger partial charge < -0.3 is 15.3 Å². The number of carboxylic acid groups (broad SMARTS) is 1. The minimum atomic E-state index is -0.753. The quantitative estimate of drug-likeness (QED) is 0.836. The molecule has 106 valence electrons. The molecule has 0 aromatic carbocycles. The molecule has 2 unspecified atom stereocenters. The lowest BCUT2D eigenvalue weighted by molar-refractivity contribution is -0.138. The number of thiazole rings is 1. The summed E-state index contributed by atoms with van der Waals surface area (Å²) < 4.78 is 0. The summed E-state index contributed by atoms with van der Waals surface area (Å²) in [6, 6.07) is 0.344. The molecular formula is C13H21N3O2S. The van der Waals surface area contributed by atoms with E-state index in [4.69, 9.17) is 5.11 Å². The zero-order valence-electron chi connectivity index (χ0n) is 11.6. The predicted molar refractivity (Wildman–Crippen MR) is 77.1 cm³/mol.